The molecule has 0 aromatic heterocycles. The number of thioether (sulfide) groups is 1. The van der Waals surface area contributed by atoms with Crippen molar-refractivity contribution >= 4 is 17.7 Å². The van der Waals surface area contributed by atoms with Crippen LogP contribution in [0.3, 0.4) is 0 Å². The minimum atomic E-state index is -0.00618. The van der Waals surface area contributed by atoms with Crippen molar-refractivity contribution < 1.29 is 9.53 Å². The fraction of sp³-hybridized carbons (Fsp3) is 0.933. The molecule has 0 aromatic rings. The highest BCUT2D eigenvalue weighted by molar-refractivity contribution is 8.00. The smallest absolute Gasteiger partial charge is 0.230 e. The Bertz CT molecular complexity index is 302. The molecule has 1 saturated heterocycles. The summed E-state index contributed by atoms with van der Waals surface area (Å²) in [6, 6.07) is 0. The minimum absolute atomic E-state index is 0.00618. The number of rotatable bonds is 7. The second kappa shape index (κ2) is 8.25. The Labute approximate surface area is 128 Å². The third-order valence-electron chi connectivity index (χ3n) is 4.00. The van der Waals surface area contributed by atoms with E-state index in [0.717, 1.165) is 26.3 Å². The van der Waals surface area contributed by atoms with Crippen LogP contribution >= 0.6 is 11.8 Å². The van der Waals surface area contributed by atoms with Crippen molar-refractivity contribution in [3.63, 3.8) is 0 Å². The topological polar surface area (TPSA) is 41.6 Å². The maximum Gasteiger partial charge on any atom is 0.230 e. The van der Waals surface area contributed by atoms with Crippen molar-refractivity contribution in [1.82, 2.24) is 10.2 Å². The number of ether oxygens (including phenoxy) is 1. The van der Waals surface area contributed by atoms with Gasteiger partial charge in [-0.05, 0) is 19.8 Å². The molecule has 1 rings (SSSR count). The largest absolute Gasteiger partial charge is 0.379 e. The average molecular weight is 302 g/mol. The number of amides is 1. The summed E-state index contributed by atoms with van der Waals surface area (Å²) in [6.07, 6.45) is 0. The Morgan fingerprint density at radius 1 is 1.30 bits per heavy atom. The fourth-order valence-electron chi connectivity index (χ4n) is 2.05. The number of nitrogens with one attached hydrogen (secondary N) is 1. The van der Waals surface area contributed by atoms with Gasteiger partial charge in [0.25, 0.3) is 0 Å². The normalized spacial score (nSPS) is 19.1. The van der Waals surface area contributed by atoms with Crippen LogP contribution in [0.1, 0.15) is 34.6 Å². The van der Waals surface area contributed by atoms with Crippen LogP contribution in [0.15, 0.2) is 0 Å². The molecule has 1 fully saturated rings. The molecule has 1 atom stereocenters. The van der Waals surface area contributed by atoms with Crippen LogP contribution in [-0.4, -0.2) is 60.2 Å². The van der Waals surface area contributed by atoms with E-state index >= 15 is 0 Å². The van der Waals surface area contributed by atoms with Crippen LogP contribution in [0.5, 0.6) is 0 Å². The van der Waals surface area contributed by atoms with Gasteiger partial charge in [0, 0.05) is 30.4 Å². The second-order valence-corrected chi connectivity index (χ2v) is 7.81. The van der Waals surface area contributed by atoms with Crippen LogP contribution in [-0.2, 0) is 9.53 Å². The van der Waals surface area contributed by atoms with Crippen LogP contribution < -0.4 is 5.32 Å². The first-order chi connectivity index (χ1) is 9.33. The molecule has 1 aliphatic heterocycles. The van der Waals surface area contributed by atoms with Crippen molar-refractivity contribution in [3.8, 4) is 0 Å². The quantitative estimate of drug-likeness (QED) is 0.781. The van der Waals surface area contributed by atoms with E-state index in [2.05, 4.69) is 44.8 Å². The Balaban J connectivity index is 2.28. The monoisotopic (exact) mass is 302 g/mol. The molecule has 0 radical (unpaired) electrons. The Morgan fingerprint density at radius 3 is 2.45 bits per heavy atom. The summed E-state index contributed by atoms with van der Waals surface area (Å²) in [7, 11) is 0. The van der Waals surface area contributed by atoms with E-state index in [-0.39, 0.29) is 11.4 Å². The summed E-state index contributed by atoms with van der Waals surface area (Å²) in [4.78, 5) is 14.3. The first-order valence-corrected chi connectivity index (χ1v) is 8.59. The molecule has 1 amide bonds. The van der Waals surface area contributed by atoms with Gasteiger partial charge in [0.2, 0.25) is 5.91 Å². The lowest BCUT2D eigenvalue weighted by molar-refractivity contribution is -0.119. The lowest BCUT2D eigenvalue weighted by Crippen LogP contribution is -2.55. The van der Waals surface area contributed by atoms with Gasteiger partial charge in [-0.1, -0.05) is 20.8 Å². The number of carbonyl (C=O) groups excluding carboxylic acids is 1. The molecule has 0 spiro atoms. The van der Waals surface area contributed by atoms with Gasteiger partial charge in [-0.15, -0.1) is 11.8 Å². The van der Waals surface area contributed by atoms with E-state index in [9.17, 15) is 4.79 Å². The van der Waals surface area contributed by atoms with Gasteiger partial charge in [-0.2, -0.15) is 0 Å². The van der Waals surface area contributed by atoms with Gasteiger partial charge in [0.15, 0.2) is 0 Å². The third-order valence-corrected chi connectivity index (χ3v) is 5.50. The standard InChI is InChI=1S/C15H30N2O2S/c1-12(2)13(3)20-10-14(18)16-11-15(4,5)17-6-8-19-9-7-17/h12-13H,6-11H2,1-5H3,(H,16,18)/t13-/m1/s1. The van der Waals surface area contributed by atoms with Crippen LogP contribution in [0, 0.1) is 5.92 Å². The van der Waals surface area contributed by atoms with Crippen LogP contribution in [0.25, 0.3) is 0 Å². The molecule has 5 heteroatoms. The maximum absolute atomic E-state index is 11.9. The van der Waals surface area contributed by atoms with Crippen LogP contribution in [0.4, 0.5) is 0 Å². The number of carbonyl (C=O) groups is 1. The summed E-state index contributed by atoms with van der Waals surface area (Å²) < 4.78 is 5.38. The molecule has 0 aromatic carbocycles. The Kier molecular flexibility index (Phi) is 7.34. The first kappa shape index (κ1) is 17.8. The molecule has 0 unspecified atom stereocenters. The fourth-order valence-corrected chi connectivity index (χ4v) is 2.95. The highest BCUT2D eigenvalue weighted by Crippen LogP contribution is 2.18. The zero-order valence-corrected chi connectivity index (χ0v) is 14.4. The van der Waals surface area contributed by atoms with Gasteiger partial charge < -0.3 is 10.1 Å². The summed E-state index contributed by atoms with van der Waals surface area (Å²) in [6.45, 7) is 15.1. The zero-order chi connectivity index (χ0) is 15.2. The third kappa shape index (κ3) is 6.02. The molecule has 0 saturated carbocycles. The van der Waals surface area contributed by atoms with Crippen molar-refractivity contribution in [2.24, 2.45) is 5.92 Å². The highest BCUT2D eigenvalue weighted by Gasteiger charge is 2.28. The van der Waals surface area contributed by atoms with Crippen molar-refractivity contribution in [1.29, 1.82) is 0 Å². The summed E-state index contributed by atoms with van der Waals surface area (Å²) in [5.74, 6) is 1.31. The van der Waals surface area contributed by atoms with Gasteiger partial charge >= 0.3 is 0 Å². The molecule has 118 valence electrons. The molecule has 1 aliphatic rings. The van der Waals surface area contributed by atoms with Gasteiger partial charge in [-0.25, -0.2) is 0 Å². The van der Waals surface area contributed by atoms with E-state index in [0.29, 0.717) is 23.5 Å². The summed E-state index contributed by atoms with van der Waals surface area (Å²) in [5.41, 5.74) is -0.00618. The van der Waals surface area contributed by atoms with Crippen molar-refractivity contribution in [2.45, 2.75) is 45.4 Å². The van der Waals surface area contributed by atoms with E-state index in [1.54, 1.807) is 11.8 Å². The minimum Gasteiger partial charge on any atom is -0.379 e. The number of hydrogen-bond donors (Lipinski definition) is 1. The first-order valence-electron chi connectivity index (χ1n) is 7.54. The molecule has 1 N–H and O–H groups in total. The summed E-state index contributed by atoms with van der Waals surface area (Å²) >= 11 is 1.73. The van der Waals surface area contributed by atoms with Gasteiger partial charge in [0.1, 0.15) is 0 Å². The Hall–Kier alpha value is -0.260. The SMILES string of the molecule is CC(C)[C@@H](C)SCC(=O)NCC(C)(C)N1CCOCC1. The molecule has 20 heavy (non-hydrogen) atoms. The Morgan fingerprint density at radius 2 is 1.90 bits per heavy atom. The molecular weight excluding hydrogens is 272 g/mol. The summed E-state index contributed by atoms with van der Waals surface area (Å²) in [5, 5.41) is 3.59. The van der Waals surface area contributed by atoms with E-state index < -0.39 is 0 Å². The van der Waals surface area contributed by atoms with Crippen molar-refractivity contribution in [3.05, 3.63) is 0 Å². The van der Waals surface area contributed by atoms with E-state index in [1.807, 2.05) is 0 Å². The molecule has 0 bridgehead atoms. The molecule has 1 heterocycles. The van der Waals surface area contributed by atoms with Gasteiger partial charge in [0.05, 0.1) is 19.0 Å². The molecular formula is C15H30N2O2S. The predicted molar refractivity (Wildman–Crippen MR) is 86.2 cm³/mol. The van der Waals surface area contributed by atoms with Gasteiger partial charge in [-0.3, -0.25) is 9.69 Å². The molecule has 0 aliphatic carbocycles. The molecule has 4 nitrogen and oxygen atoms in total. The highest BCUT2D eigenvalue weighted by atomic mass is 32.2. The maximum atomic E-state index is 11.9. The zero-order valence-electron chi connectivity index (χ0n) is 13.6. The second-order valence-electron chi connectivity index (χ2n) is 6.45. The number of morpholine rings is 1. The lowest BCUT2D eigenvalue weighted by Gasteiger charge is -2.40. The van der Waals surface area contributed by atoms with E-state index in [4.69, 9.17) is 4.74 Å². The predicted octanol–water partition coefficient (Wildman–Crippen LogP) is 1.99. The van der Waals surface area contributed by atoms with Crippen LogP contribution in [0.2, 0.25) is 0 Å². The average Bonchev–Trinajstić information content (AvgIpc) is 2.43. The lowest BCUT2D eigenvalue weighted by atomic mass is 10.0. The van der Waals surface area contributed by atoms with E-state index in [1.165, 1.54) is 0 Å². The number of nitrogens with zero attached hydrogens (tertiary/aromatic N) is 1. The van der Waals surface area contributed by atoms with Crippen molar-refractivity contribution in [2.75, 3.05) is 38.6 Å². The number of hydrogen-bond acceptors (Lipinski definition) is 4.